The molecule has 0 aliphatic heterocycles. The van der Waals surface area contributed by atoms with E-state index in [0.29, 0.717) is 0 Å². The van der Waals surface area contributed by atoms with Gasteiger partial charge in [0.1, 0.15) is 5.76 Å². The molecule has 2 aromatic heterocycles. The second-order valence-corrected chi connectivity index (χ2v) is 5.56. The lowest BCUT2D eigenvalue weighted by molar-refractivity contribution is 0.0697. The number of hydrogen-bond donors (Lipinski definition) is 1. The molecule has 0 aliphatic rings. The number of carboxylic acids is 1. The van der Waals surface area contributed by atoms with Crippen LogP contribution in [-0.4, -0.2) is 20.9 Å². The van der Waals surface area contributed by atoms with Gasteiger partial charge in [0, 0.05) is 17.3 Å². The molecule has 25 heavy (non-hydrogen) atoms. The lowest BCUT2D eigenvalue weighted by Gasteiger charge is -2.03. The molecule has 0 amide bonds. The molecular weight excluding hydrogens is 316 g/mol. The smallest absolute Gasteiger partial charge is 0.335 e. The number of hydrogen-bond acceptors (Lipinski definition) is 3. The predicted octanol–water partition coefficient (Wildman–Crippen LogP) is 4.50. The Morgan fingerprint density at radius 2 is 1.80 bits per heavy atom. The highest BCUT2D eigenvalue weighted by molar-refractivity contribution is 5.89. The van der Waals surface area contributed by atoms with Gasteiger partial charge in [-0.05, 0) is 54.6 Å². The van der Waals surface area contributed by atoms with Gasteiger partial charge in [-0.2, -0.15) is 5.10 Å². The maximum atomic E-state index is 11.1. The van der Waals surface area contributed by atoms with E-state index in [9.17, 15) is 4.79 Å². The molecule has 5 heteroatoms. The average Bonchev–Trinajstić information content (AvgIpc) is 3.34. The van der Waals surface area contributed by atoms with E-state index in [0.717, 1.165) is 28.3 Å². The third-order valence-electron chi connectivity index (χ3n) is 3.93. The summed E-state index contributed by atoms with van der Waals surface area (Å²) < 4.78 is 7.15. The largest absolute Gasteiger partial charge is 0.478 e. The zero-order chi connectivity index (χ0) is 17.2. The maximum Gasteiger partial charge on any atom is 0.335 e. The number of furan rings is 1. The number of rotatable bonds is 4. The van der Waals surface area contributed by atoms with Crippen LogP contribution in [0, 0.1) is 0 Å². The lowest BCUT2D eigenvalue weighted by Crippen LogP contribution is -1.97. The summed E-state index contributed by atoms with van der Waals surface area (Å²) >= 11 is 0. The summed E-state index contributed by atoms with van der Waals surface area (Å²) in [5.74, 6) is -0.131. The first-order valence-electron chi connectivity index (χ1n) is 7.74. The Bertz CT molecular complexity index is 1020. The Labute approximate surface area is 143 Å². The van der Waals surface area contributed by atoms with Crippen molar-refractivity contribution >= 4 is 5.97 Å². The summed E-state index contributed by atoms with van der Waals surface area (Å²) in [4.78, 5) is 11.1. The summed E-state index contributed by atoms with van der Waals surface area (Å²) in [6.45, 7) is 0. The highest BCUT2D eigenvalue weighted by atomic mass is 16.4. The third kappa shape index (κ3) is 2.95. The van der Waals surface area contributed by atoms with E-state index >= 15 is 0 Å². The highest BCUT2D eigenvalue weighted by Gasteiger charge is 2.08. The van der Waals surface area contributed by atoms with Crippen molar-refractivity contribution in [2.45, 2.75) is 0 Å². The molecule has 1 N–H and O–H groups in total. The van der Waals surface area contributed by atoms with Crippen molar-refractivity contribution in [3.8, 4) is 28.3 Å². The number of carboxylic acid groups (broad SMARTS) is 1. The molecule has 0 saturated heterocycles. The van der Waals surface area contributed by atoms with Gasteiger partial charge in [-0.3, -0.25) is 0 Å². The number of aromatic nitrogens is 2. The van der Waals surface area contributed by atoms with Crippen molar-refractivity contribution in [2.75, 3.05) is 0 Å². The topological polar surface area (TPSA) is 68.3 Å². The molecule has 0 radical (unpaired) electrons. The zero-order valence-corrected chi connectivity index (χ0v) is 13.2. The molecule has 2 heterocycles. The van der Waals surface area contributed by atoms with Gasteiger partial charge in [-0.25, -0.2) is 9.48 Å². The Hall–Kier alpha value is -3.60. The van der Waals surface area contributed by atoms with Crippen LogP contribution in [0.15, 0.2) is 83.6 Å². The number of nitrogens with zero attached hydrogens (tertiary/aromatic N) is 2. The minimum Gasteiger partial charge on any atom is -0.478 e. The Kier molecular flexibility index (Phi) is 3.67. The second kappa shape index (κ2) is 6.13. The summed E-state index contributed by atoms with van der Waals surface area (Å²) in [5, 5.41) is 13.7. The van der Waals surface area contributed by atoms with Crippen LogP contribution in [0.5, 0.6) is 0 Å². The second-order valence-electron chi connectivity index (χ2n) is 5.56. The van der Waals surface area contributed by atoms with Crippen LogP contribution in [0.25, 0.3) is 28.3 Å². The minimum atomic E-state index is -0.949. The SMILES string of the molecule is O=C(O)c1cccc(-c2ccn(-c3ccc(-c4ccco4)cc3)n2)c1. The fourth-order valence-electron chi connectivity index (χ4n) is 2.65. The normalized spacial score (nSPS) is 10.7. The molecule has 0 spiro atoms. The van der Waals surface area contributed by atoms with Crippen molar-refractivity contribution in [2.24, 2.45) is 0 Å². The third-order valence-corrected chi connectivity index (χ3v) is 3.93. The van der Waals surface area contributed by atoms with E-state index in [-0.39, 0.29) is 5.56 Å². The van der Waals surface area contributed by atoms with Gasteiger partial charge < -0.3 is 9.52 Å². The monoisotopic (exact) mass is 330 g/mol. The van der Waals surface area contributed by atoms with Crippen LogP contribution in [0.1, 0.15) is 10.4 Å². The van der Waals surface area contributed by atoms with Crippen LogP contribution in [0.2, 0.25) is 0 Å². The fourth-order valence-corrected chi connectivity index (χ4v) is 2.65. The van der Waals surface area contributed by atoms with Gasteiger partial charge in [0.15, 0.2) is 0 Å². The molecule has 4 aromatic rings. The van der Waals surface area contributed by atoms with Gasteiger partial charge in [0.2, 0.25) is 0 Å². The quantitative estimate of drug-likeness (QED) is 0.598. The van der Waals surface area contributed by atoms with E-state index in [1.54, 1.807) is 29.1 Å². The van der Waals surface area contributed by atoms with Crippen LogP contribution in [0.3, 0.4) is 0 Å². The Morgan fingerprint density at radius 3 is 2.52 bits per heavy atom. The van der Waals surface area contributed by atoms with Crippen LogP contribution < -0.4 is 0 Å². The van der Waals surface area contributed by atoms with Crippen molar-refractivity contribution in [1.29, 1.82) is 0 Å². The van der Waals surface area contributed by atoms with Gasteiger partial charge in [0.25, 0.3) is 0 Å². The van der Waals surface area contributed by atoms with Crippen LogP contribution in [-0.2, 0) is 0 Å². The number of benzene rings is 2. The molecule has 0 unspecified atom stereocenters. The van der Waals surface area contributed by atoms with Gasteiger partial charge >= 0.3 is 5.97 Å². The highest BCUT2D eigenvalue weighted by Crippen LogP contribution is 2.23. The van der Waals surface area contributed by atoms with Crippen LogP contribution in [0.4, 0.5) is 0 Å². The van der Waals surface area contributed by atoms with E-state index in [4.69, 9.17) is 9.52 Å². The molecule has 0 fully saturated rings. The van der Waals surface area contributed by atoms with Crippen molar-refractivity contribution < 1.29 is 14.3 Å². The molecule has 5 nitrogen and oxygen atoms in total. The van der Waals surface area contributed by atoms with Crippen molar-refractivity contribution in [1.82, 2.24) is 9.78 Å². The molecular formula is C20H14N2O3. The summed E-state index contributed by atoms with van der Waals surface area (Å²) in [5.41, 5.74) is 3.64. The van der Waals surface area contributed by atoms with Gasteiger partial charge in [-0.15, -0.1) is 0 Å². The summed E-state index contributed by atoms with van der Waals surface area (Å²) in [6.07, 6.45) is 3.50. The molecule has 0 bridgehead atoms. The van der Waals surface area contributed by atoms with E-state index < -0.39 is 5.97 Å². The molecule has 122 valence electrons. The van der Waals surface area contributed by atoms with E-state index in [1.165, 1.54) is 0 Å². The summed E-state index contributed by atoms with van der Waals surface area (Å²) in [7, 11) is 0. The standard InChI is InChI=1S/C20H14N2O3/c23-20(24)16-4-1-3-15(13-16)18-10-11-22(21-18)17-8-6-14(7-9-17)19-5-2-12-25-19/h1-13H,(H,23,24). The van der Waals surface area contributed by atoms with Crippen LogP contribution >= 0.6 is 0 Å². The molecule has 0 aliphatic carbocycles. The average molecular weight is 330 g/mol. The maximum absolute atomic E-state index is 11.1. The minimum absolute atomic E-state index is 0.245. The van der Waals surface area contributed by atoms with Crippen molar-refractivity contribution in [3.63, 3.8) is 0 Å². The van der Waals surface area contributed by atoms with Crippen molar-refractivity contribution in [3.05, 3.63) is 84.8 Å². The molecule has 0 atom stereocenters. The predicted molar refractivity (Wildman–Crippen MR) is 93.7 cm³/mol. The summed E-state index contributed by atoms with van der Waals surface area (Å²) in [6, 6.07) is 20.2. The first kappa shape index (κ1) is 15.0. The van der Waals surface area contributed by atoms with E-state index in [1.807, 2.05) is 54.7 Å². The van der Waals surface area contributed by atoms with E-state index in [2.05, 4.69) is 5.10 Å². The Balaban J connectivity index is 1.63. The number of aromatic carboxylic acids is 1. The first-order valence-corrected chi connectivity index (χ1v) is 7.74. The molecule has 2 aromatic carbocycles. The number of carbonyl (C=O) groups is 1. The van der Waals surface area contributed by atoms with Gasteiger partial charge in [-0.1, -0.05) is 12.1 Å². The first-order chi connectivity index (χ1) is 12.2. The lowest BCUT2D eigenvalue weighted by atomic mass is 10.1. The zero-order valence-electron chi connectivity index (χ0n) is 13.2. The molecule has 0 saturated carbocycles. The Morgan fingerprint density at radius 1 is 0.960 bits per heavy atom. The molecule has 4 rings (SSSR count). The fraction of sp³-hybridized carbons (Fsp3) is 0. The van der Waals surface area contributed by atoms with Gasteiger partial charge in [0.05, 0.1) is 23.2 Å².